The zero-order valence-electron chi connectivity index (χ0n) is 22.9. The van der Waals surface area contributed by atoms with E-state index in [9.17, 15) is 14.7 Å². The fraction of sp³-hybridized carbons (Fsp3) is 0.704. The minimum atomic E-state index is -2.27. The van der Waals surface area contributed by atoms with Crippen molar-refractivity contribution >= 4 is 20.4 Å². The Morgan fingerprint density at radius 1 is 1.00 bits per heavy atom. The number of hydrogen-bond donors (Lipinski definition) is 2. The molecule has 3 atom stereocenters. The maximum absolute atomic E-state index is 12.8. The molecule has 0 spiro atoms. The van der Waals surface area contributed by atoms with E-state index in [4.69, 9.17) is 9.16 Å². The number of amides is 1. The third-order valence-corrected chi connectivity index (χ3v) is 10.8. The number of aliphatic carboxylic acids is 1. The highest BCUT2D eigenvalue weighted by Crippen LogP contribution is 2.39. The zero-order chi connectivity index (χ0) is 26.3. The summed E-state index contributed by atoms with van der Waals surface area (Å²) >= 11 is 0. The number of rotatable bonds is 11. The molecule has 0 aromatic heterocycles. The number of carboxylic acid groups (broad SMARTS) is 1. The van der Waals surface area contributed by atoms with Gasteiger partial charge in [-0.3, -0.25) is 4.79 Å². The number of alkyl carbamates (subject to hydrolysis) is 1. The number of benzene rings is 1. The minimum Gasteiger partial charge on any atom is -0.481 e. The first-order valence-electron chi connectivity index (χ1n) is 12.4. The number of carboxylic acids is 1. The van der Waals surface area contributed by atoms with E-state index in [1.165, 1.54) is 0 Å². The predicted molar refractivity (Wildman–Crippen MR) is 141 cm³/mol. The molecule has 34 heavy (non-hydrogen) atoms. The Morgan fingerprint density at radius 3 is 2.00 bits per heavy atom. The molecular weight excluding hydrogens is 446 g/mol. The minimum absolute atomic E-state index is 0.0643. The maximum atomic E-state index is 12.8. The van der Waals surface area contributed by atoms with Gasteiger partial charge < -0.3 is 19.6 Å². The molecule has 0 saturated carbocycles. The van der Waals surface area contributed by atoms with Crippen molar-refractivity contribution in [2.24, 2.45) is 11.8 Å². The molecule has 1 amide bonds. The molecule has 194 valence electrons. The fourth-order valence-corrected chi connectivity index (χ4v) is 4.97. The summed E-state index contributed by atoms with van der Waals surface area (Å²) in [6.45, 7) is 20.3. The smallest absolute Gasteiger partial charge is 0.407 e. The zero-order valence-corrected chi connectivity index (χ0v) is 23.9. The Kier molecular flexibility index (Phi) is 10.8. The average Bonchev–Trinajstić information content (AvgIpc) is 2.64. The van der Waals surface area contributed by atoms with Crippen LogP contribution in [-0.4, -0.2) is 43.2 Å². The first-order valence-corrected chi connectivity index (χ1v) is 15.3. The van der Waals surface area contributed by atoms with Crippen LogP contribution in [0, 0.1) is 11.8 Å². The van der Waals surface area contributed by atoms with E-state index in [-0.39, 0.29) is 11.0 Å². The highest BCUT2D eigenvalue weighted by molar-refractivity contribution is 6.74. The second-order valence-corrected chi connectivity index (χ2v) is 17.0. The lowest BCUT2D eigenvalue weighted by Crippen LogP contribution is -2.54. The highest BCUT2D eigenvalue weighted by Gasteiger charge is 2.42. The number of ether oxygens (including phenoxy) is 1. The summed E-state index contributed by atoms with van der Waals surface area (Å²) in [5.41, 5.74) is 0.404. The van der Waals surface area contributed by atoms with Gasteiger partial charge in [0.15, 0.2) is 8.32 Å². The first kappa shape index (κ1) is 30.2. The molecule has 0 aliphatic heterocycles. The Morgan fingerprint density at radius 2 is 1.56 bits per heavy atom. The van der Waals surface area contributed by atoms with Gasteiger partial charge in [0.2, 0.25) is 0 Å². The van der Waals surface area contributed by atoms with Gasteiger partial charge in [-0.15, -0.1) is 0 Å². The molecule has 0 unspecified atom stereocenters. The van der Waals surface area contributed by atoms with Crippen LogP contribution >= 0.6 is 0 Å². The fourth-order valence-electron chi connectivity index (χ4n) is 3.60. The Balaban J connectivity index is 3.40. The van der Waals surface area contributed by atoms with Crippen molar-refractivity contribution in [2.75, 3.05) is 0 Å². The van der Waals surface area contributed by atoms with Crippen molar-refractivity contribution in [3.05, 3.63) is 35.9 Å². The van der Waals surface area contributed by atoms with Crippen LogP contribution in [0.25, 0.3) is 0 Å². The lowest BCUT2D eigenvalue weighted by Gasteiger charge is -2.42. The van der Waals surface area contributed by atoms with Crippen molar-refractivity contribution in [1.29, 1.82) is 0 Å². The van der Waals surface area contributed by atoms with Crippen LogP contribution in [0.15, 0.2) is 30.3 Å². The van der Waals surface area contributed by atoms with Crippen molar-refractivity contribution in [1.82, 2.24) is 5.32 Å². The third-order valence-electron chi connectivity index (χ3n) is 6.32. The van der Waals surface area contributed by atoms with E-state index in [0.717, 1.165) is 5.56 Å². The number of hydrogen-bond acceptors (Lipinski definition) is 4. The van der Waals surface area contributed by atoms with Crippen molar-refractivity contribution in [3.8, 4) is 0 Å². The molecule has 0 aliphatic carbocycles. The molecule has 0 heterocycles. The third kappa shape index (κ3) is 10.6. The second kappa shape index (κ2) is 12.2. The van der Waals surface area contributed by atoms with Gasteiger partial charge in [-0.25, -0.2) is 4.79 Å². The van der Waals surface area contributed by atoms with E-state index in [0.29, 0.717) is 19.3 Å². The SMILES string of the molecule is CC(C)C[C@H](C[C@H](O[Si](C)(C)C(C)(C)C)[C@H](Cc1ccccc1)NC(=O)OC(C)(C)C)C(=O)O. The molecule has 0 radical (unpaired) electrons. The standard InChI is InChI=1S/C27H47NO5Si/c1-19(2)16-21(24(29)30)18-23(33-34(9,10)27(6,7)8)22(17-20-14-12-11-13-15-20)28-25(31)32-26(3,4)5/h11-15,19,21-23H,16-18H2,1-10H3,(H,28,31)(H,29,30)/t21-,22+,23+/m1/s1. The molecule has 0 bridgehead atoms. The number of carbonyl (C=O) groups is 2. The summed E-state index contributed by atoms with van der Waals surface area (Å²) in [5.74, 6) is -1.15. The molecule has 0 aliphatic rings. The van der Waals surface area contributed by atoms with Gasteiger partial charge in [-0.2, -0.15) is 0 Å². The summed E-state index contributed by atoms with van der Waals surface area (Å²) < 4.78 is 12.4. The van der Waals surface area contributed by atoms with Crippen LogP contribution in [0.4, 0.5) is 4.79 Å². The summed E-state index contributed by atoms with van der Waals surface area (Å²) in [5, 5.41) is 13.0. The van der Waals surface area contributed by atoms with Gasteiger partial charge in [-0.05, 0) is 69.6 Å². The topological polar surface area (TPSA) is 84.9 Å². The van der Waals surface area contributed by atoms with Gasteiger partial charge >= 0.3 is 12.1 Å². The Hall–Kier alpha value is -1.86. The molecule has 1 aromatic rings. The van der Waals surface area contributed by atoms with E-state index in [1.54, 1.807) is 0 Å². The summed E-state index contributed by atoms with van der Waals surface area (Å²) in [6, 6.07) is 9.46. The molecule has 1 aromatic carbocycles. The predicted octanol–water partition coefficient (Wildman–Crippen LogP) is 6.65. The van der Waals surface area contributed by atoms with Crippen LogP contribution < -0.4 is 5.32 Å². The molecule has 1 rings (SSSR count). The van der Waals surface area contributed by atoms with Gasteiger partial charge in [0.05, 0.1) is 18.1 Å². The largest absolute Gasteiger partial charge is 0.481 e. The quantitative estimate of drug-likeness (QED) is 0.337. The second-order valence-electron chi connectivity index (χ2n) is 12.3. The monoisotopic (exact) mass is 493 g/mol. The lowest BCUT2D eigenvalue weighted by molar-refractivity contribution is -0.143. The Bertz CT molecular complexity index is 780. The van der Waals surface area contributed by atoms with Crippen molar-refractivity contribution in [2.45, 2.75) is 111 Å². The molecule has 6 nitrogen and oxygen atoms in total. The summed E-state index contributed by atoms with van der Waals surface area (Å²) in [6.07, 6.45) is 0.416. The van der Waals surface area contributed by atoms with Gasteiger partial charge in [0.25, 0.3) is 0 Å². The highest BCUT2D eigenvalue weighted by atomic mass is 28.4. The van der Waals surface area contributed by atoms with Crippen LogP contribution in [0.3, 0.4) is 0 Å². The van der Waals surface area contributed by atoms with Gasteiger partial charge in [0.1, 0.15) is 5.60 Å². The van der Waals surface area contributed by atoms with Gasteiger partial charge in [-0.1, -0.05) is 65.0 Å². The first-order chi connectivity index (χ1) is 15.4. The molecule has 2 N–H and O–H groups in total. The van der Waals surface area contributed by atoms with Crippen molar-refractivity contribution in [3.63, 3.8) is 0 Å². The maximum Gasteiger partial charge on any atom is 0.407 e. The normalized spacial score (nSPS) is 15.5. The molecule has 7 heteroatoms. The summed E-state index contributed by atoms with van der Waals surface area (Å²) in [7, 11) is -2.27. The van der Waals surface area contributed by atoms with Crippen molar-refractivity contribution < 1.29 is 23.9 Å². The Labute approximate surface area is 207 Å². The number of nitrogens with one attached hydrogen (secondary N) is 1. The van der Waals surface area contributed by atoms with Crippen LogP contribution in [0.5, 0.6) is 0 Å². The van der Waals surface area contributed by atoms with Crippen LogP contribution in [0.1, 0.15) is 73.8 Å². The van der Waals surface area contributed by atoms with E-state index in [1.807, 2.05) is 65.0 Å². The van der Waals surface area contributed by atoms with E-state index >= 15 is 0 Å². The van der Waals surface area contributed by atoms with E-state index in [2.05, 4.69) is 39.2 Å². The summed E-state index contributed by atoms with van der Waals surface area (Å²) in [4.78, 5) is 25.0. The lowest BCUT2D eigenvalue weighted by atomic mass is 9.88. The number of carbonyl (C=O) groups excluding carboxylic acids is 1. The van der Waals surface area contributed by atoms with Crippen LogP contribution in [-0.2, 0) is 20.4 Å². The van der Waals surface area contributed by atoms with Gasteiger partial charge in [0, 0.05) is 0 Å². The molecule has 0 fully saturated rings. The van der Waals surface area contributed by atoms with Crippen LogP contribution in [0.2, 0.25) is 18.1 Å². The van der Waals surface area contributed by atoms with E-state index < -0.39 is 44.0 Å². The molecular formula is C27H47NO5Si. The average molecular weight is 494 g/mol. The molecule has 0 saturated heterocycles.